The SMILES string of the molecule is C(OCC1CO1)C1CO1.CCCCCCCCCCc1ccccc1O. The van der Waals surface area contributed by atoms with E-state index in [1.807, 2.05) is 18.2 Å². The third-order valence-electron chi connectivity index (χ3n) is 4.70. The van der Waals surface area contributed by atoms with Crippen molar-refractivity contribution in [2.24, 2.45) is 0 Å². The van der Waals surface area contributed by atoms with E-state index in [0.29, 0.717) is 18.0 Å². The fraction of sp³-hybridized carbons (Fsp3) is 0.727. The second kappa shape index (κ2) is 13.1. The van der Waals surface area contributed by atoms with Crippen LogP contribution in [0.5, 0.6) is 5.75 Å². The smallest absolute Gasteiger partial charge is 0.118 e. The second-order valence-corrected chi connectivity index (χ2v) is 7.30. The molecule has 2 aliphatic heterocycles. The van der Waals surface area contributed by atoms with Crippen molar-refractivity contribution in [1.29, 1.82) is 0 Å². The molecule has 2 saturated heterocycles. The number of rotatable bonds is 13. The van der Waals surface area contributed by atoms with Crippen LogP contribution < -0.4 is 0 Å². The van der Waals surface area contributed by atoms with Crippen molar-refractivity contribution in [2.45, 2.75) is 76.9 Å². The van der Waals surface area contributed by atoms with Crippen LogP contribution in [0.3, 0.4) is 0 Å². The Bertz CT molecular complexity index is 457. The van der Waals surface area contributed by atoms with E-state index in [0.717, 1.165) is 38.4 Å². The number of phenolic OH excluding ortho intramolecular Hbond substituents is 1. The third kappa shape index (κ3) is 10.8. The lowest BCUT2D eigenvalue weighted by atomic mass is 10.0. The summed E-state index contributed by atoms with van der Waals surface area (Å²) in [5, 5.41) is 9.61. The monoisotopic (exact) mass is 364 g/mol. The number of phenols is 1. The van der Waals surface area contributed by atoms with E-state index in [1.165, 1.54) is 51.4 Å². The van der Waals surface area contributed by atoms with Crippen LogP contribution in [-0.4, -0.2) is 43.7 Å². The van der Waals surface area contributed by atoms with Crippen molar-refractivity contribution >= 4 is 0 Å². The van der Waals surface area contributed by atoms with Gasteiger partial charge in [-0.2, -0.15) is 0 Å². The van der Waals surface area contributed by atoms with Crippen molar-refractivity contribution < 1.29 is 19.3 Å². The number of hydrogen-bond acceptors (Lipinski definition) is 4. The van der Waals surface area contributed by atoms with Gasteiger partial charge in [-0.25, -0.2) is 0 Å². The Morgan fingerprint density at radius 3 is 1.96 bits per heavy atom. The Labute approximate surface area is 158 Å². The molecule has 2 unspecified atom stereocenters. The molecule has 0 spiro atoms. The van der Waals surface area contributed by atoms with E-state index in [-0.39, 0.29) is 0 Å². The molecule has 1 aromatic carbocycles. The molecule has 3 rings (SSSR count). The van der Waals surface area contributed by atoms with Gasteiger partial charge in [0.15, 0.2) is 0 Å². The number of unbranched alkanes of at least 4 members (excludes halogenated alkanes) is 7. The summed E-state index contributed by atoms with van der Waals surface area (Å²) in [6.07, 6.45) is 12.5. The van der Waals surface area contributed by atoms with Crippen molar-refractivity contribution in [1.82, 2.24) is 0 Å². The maximum Gasteiger partial charge on any atom is 0.118 e. The zero-order valence-electron chi connectivity index (χ0n) is 16.3. The molecule has 2 aliphatic rings. The van der Waals surface area contributed by atoms with Gasteiger partial charge in [0.1, 0.15) is 18.0 Å². The largest absolute Gasteiger partial charge is 0.508 e. The number of aromatic hydroxyl groups is 1. The summed E-state index contributed by atoms with van der Waals surface area (Å²) in [6.45, 7) is 5.52. The van der Waals surface area contributed by atoms with Crippen LogP contribution in [0.4, 0.5) is 0 Å². The van der Waals surface area contributed by atoms with Crippen molar-refractivity contribution in [3.63, 3.8) is 0 Å². The van der Waals surface area contributed by atoms with Gasteiger partial charge in [0.2, 0.25) is 0 Å². The fourth-order valence-electron chi connectivity index (χ4n) is 2.83. The summed E-state index contributed by atoms with van der Waals surface area (Å²) in [5.74, 6) is 0.454. The first-order valence-electron chi connectivity index (χ1n) is 10.4. The van der Waals surface area contributed by atoms with E-state index in [2.05, 4.69) is 6.92 Å². The topological polar surface area (TPSA) is 54.5 Å². The van der Waals surface area contributed by atoms with E-state index in [9.17, 15) is 5.11 Å². The predicted octanol–water partition coefficient (Wildman–Crippen LogP) is 4.88. The molecule has 0 saturated carbocycles. The summed E-state index contributed by atoms with van der Waals surface area (Å²) in [4.78, 5) is 0. The first-order chi connectivity index (χ1) is 12.8. The van der Waals surface area contributed by atoms with Crippen molar-refractivity contribution in [2.75, 3.05) is 26.4 Å². The molecule has 26 heavy (non-hydrogen) atoms. The lowest BCUT2D eigenvalue weighted by molar-refractivity contribution is 0.102. The van der Waals surface area contributed by atoms with Crippen LogP contribution >= 0.6 is 0 Å². The molecule has 0 radical (unpaired) electrons. The van der Waals surface area contributed by atoms with Crippen LogP contribution in [0.15, 0.2) is 24.3 Å². The highest BCUT2D eigenvalue weighted by Crippen LogP contribution is 2.19. The Kier molecular flexibility index (Phi) is 10.7. The molecule has 1 aromatic rings. The molecule has 2 heterocycles. The highest BCUT2D eigenvalue weighted by Gasteiger charge is 2.26. The zero-order valence-corrected chi connectivity index (χ0v) is 16.3. The lowest BCUT2D eigenvalue weighted by Gasteiger charge is -2.04. The van der Waals surface area contributed by atoms with Gasteiger partial charge in [-0.05, 0) is 24.5 Å². The Morgan fingerprint density at radius 1 is 0.885 bits per heavy atom. The molecule has 4 heteroatoms. The highest BCUT2D eigenvalue weighted by atomic mass is 16.6. The average Bonchev–Trinajstić information content (AvgIpc) is 3.55. The number of aryl methyl sites for hydroxylation is 1. The van der Waals surface area contributed by atoms with E-state index < -0.39 is 0 Å². The summed E-state index contributed by atoms with van der Waals surface area (Å²) in [5.41, 5.74) is 1.10. The first kappa shape index (κ1) is 21.2. The fourth-order valence-corrected chi connectivity index (χ4v) is 2.83. The van der Waals surface area contributed by atoms with Gasteiger partial charge in [0.05, 0.1) is 26.4 Å². The third-order valence-corrected chi connectivity index (χ3v) is 4.70. The van der Waals surface area contributed by atoms with Crippen molar-refractivity contribution in [3.8, 4) is 5.75 Å². The summed E-state index contributed by atoms with van der Waals surface area (Å²) in [6, 6.07) is 7.68. The van der Waals surface area contributed by atoms with Crippen LogP contribution in [0.1, 0.15) is 63.9 Å². The standard InChI is InChI=1S/C16H26O.C6H10O3/c1-2-3-4-5-6-7-8-9-12-15-13-10-11-14-16(15)17;1(5-3-8-5)7-2-6-4-9-6/h10-11,13-14,17H,2-9,12H2,1H3;5-6H,1-4H2. The molecule has 148 valence electrons. The predicted molar refractivity (Wildman–Crippen MR) is 105 cm³/mol. The number of hydrogen-bond donors (Lipinski definition) is 1. The minimum atomic E-state index is 0.392. The molecule has 4 nitrogen and oxygen atoms in total. The van der Waals surface area contributed by atoms with Crippen LogP contribution in [0, 0.1) is 0 Å². The minimum Gasteiger partial charge on any atom is -0.508 e. The van der Waals surface area contributed by atoms with E-state index >= 15 is 0 Å². The minimum absolute atomic E-state index is 0.392. The van der Waals surface area contributed by atoms with Gasteiger partial charge < -0.3 is 19.3 Å². The summed E-state index contributed by atoms with van der Waals surface area (Å²) >= 11 is 0. The van der Waals surface area contributed by atoms with Gasteiger partial charge in [-0.1, -0.05) is 70.1 Å². The molecule has 1 N–H and O–H groups in total. The van der Waals surface area contributed by atoms with Crippen molar-refractivity contribution in [3.05, 3.63) is 29.8 Å². The Hall–Kier alpha value is -1.10. The Morgan fingerprint density at radius 2 is 1.42 bits per heavy atom. The zero-order chi connectivity index (χ0) is 18.5. The quantitative estimate of drug-likeness (QED) is 0.400. The van der Waals surface area contributed by atoms with E-state index in [4.69, 9.17) is 14.2 Å². The molecular formula is C22H36O4. The molecule has 2 fully saturated rings. The Balaban J connectivity index is 0.000000223. The summed E-state index contributed by atoms with van der Waals surface area (Å²) < 4.78 is 15.1. The van der Waals surface area contributed by atoms with Gasteiger partial charge in [0, 0.05) is 0 Å². The number of benzene rings is 1. The normalized spacial score (nSPS) is 20.3. The number of ether oxygens (including phenoxy) is 3. The van der Waals surface area contributed by atoms with E-state index in [1.54, 1.807) is 6.07 Å². The van der Waals surface area contributed by atoms with Crippen LogP contribution in [-0.2, 0) is 20.6 Å². The summed E-state index contributed by atoms with van der Waals surface area (Å²) in [7, 11) is 0. The maximum absolute atomic E-state index is 9.61. The maximum atomic E-state index is 9.61. The number of para-hydroxylation sites is 1. The van der Waals surface area contributed by atoms with Crippen LogP contribution in [0.25, 0.3) is 0 Å². The first-order valence-corrected chi connectivity index (χ1v) is 10.4. The second-order valence-electron chi connectivity index (χ2n) is 7.30. The molecule has 2 atom stereocenters. The van der Waals surface area contributed by atoms with Crippen LogP contribution in [0.2, 0.25) is 0 Å². The number of epoxide rings is 2. The molecule has 0 aliphatic carbocycles. The molecule has 0 amide bonds. The lowest BCUT2D eigenvalue weighted by Crippen LogP contribution is -2.06. The van der Waals surface area contributed by atoms with Gasteiger partial charge in [-0.3, -0.25) is 0 Å². The average molecular weight is 365 g/mol. The molecular weight excluding hydrogens is 328 g/mol. The molecule has 0 bridgehead atoms. The molecule has 0 aromatic heterocycles. The van der Waals surface area contributed by atoms with Gasteiger partial charge in [0.25, 0.3) is 0 Å². The highest BCUT2D eigenvalue weighted by molar-refractivity contribution is 5.31. The van der Waals surface area contributed by atoms with Gasteiger partial charge >= 0.3 is 0 Å². The van der Waals surface area contributed by atoms with Gasteiger partial charge in [-0.15, -0.1) is 0 Å².